The van der Waals surface area contributed by atoms with E-state index in [9.17, 15) is 9.90 Å². The number of rotatable bonds is 4. The summed E-state index contributed by atoms with van der Waals surface area (Å²) in [6.45, 7) is 4.10. The van der Waals surface area contributed by atoms with Gasteiger partial charge in [0.05, 0.1) is 11.5 Å². The summed E-state index contributed by atoms with van der Waals surface area (Å²) in [4.78, 5) is 13.6. The van der Waals surface area contributed by atoms with E-state index in [4.69, 9.17) is 5.73 Å². The van der Waals surface area contributed by atoms with Gasteiger partial charge in [0.2, 0.25) is 5.91 Å². The number of hydrogen-bond donors (Lipinski definition) is 2. The smallest absolute Gasteiger partial charge is 0.226 e. The topological polar surface area (TPSA) is 66.6 Å². The molecule has 1 amide bonds. The summed E-state index contributed by atoms with van der Waals surface area (Å²) in [6, 6.07) is -0.145. The Kier molecular flexibility index (Phi) is 4.33. The molecule has 0 aliphatic heterocycles. The molecule has 0 spiro atoms. The molecule has 2 unspecified atom stereocenters. The Balaban J connectivity index is 2.51. The third-order valence-electron chi connectivity index (χ3n) is 3.62. The van der Waals surface area contributed by atoms with Crippen LogP contribution in [0.5, 0.6) is 0 Å². The van der Waals surface area contributed by atoms with Gasteiger partial charge >= 0.3 is 0 Å². The second-order valence-corrected chi connectivity index (χ2v) is 5.27. The molecular weight excluding hydrogens is 204 g/mol. The molecule has 1 rings (SSSR count). The Labute approximate surface area is 97.8 Å². The fourth-order valence-corrected chi connectivity index (χ4v) is 2.28. The van der Waals surface area contributed by atoms with E-state index in [0.29, 0.717) is 6.54 Å². The maximum Gasteiger partial charge on any atom is 0.226 e. The van der Waals surface area contributed by atoms with Crippen molar-refractivity contribution in [2.75, 3.05) is 13.6 Å². The number of aliphatic hydroxyl groups is 1. The van der Waals surface area contributed by atoms with Crippen LogP contribution < -0.4 is 5.73 Å². The molecule has 2 atom stereocenters. The molecule has 0 bridgehead atoms. The number of nitrogens with zero attached hydrogens (tertiary/aromatic N) is 1. The molecule has 0 heterocycles. The summed E-state index contributed by atoms with van der Waals surface area (Å²) in [5, 5.41) is 10.2. The van der Waals surface area contributed by atoms with E-state index in [-0.39, 0.29) is 17.9 Å². The van der Waals surface area contributed by atoms with Crippen LogP contribution in [0.15, 0.2) is 0 Å². The zero-order valence-electron chi connectivity index (χ0n) is 10.6. The number of nitrogens with two attached hydrogens (primary N) is 1. The standard InChI is InChI=1S/C12H24N2O2/c1-9(10(2)13)11(15)14(3)8-12(16)6-4-5-7-12/h9-10,16H,4-8,13H2,1-3H3. The monoisotopic (exact) mass is 228 g/mol. The van der Waals surface area contributed by atoms with Crippen molar-refractivity contribution in [2.45, 2.75) is 51.2 Å². The fraction of sp³-hybridized carbons (Fsp3) is 0.917. The first kappa shape index (κ1) is 13.5. The van der Waals surface area contributed by atoms with Crippen LogP contribution in [0.2, 0.25) is 0 Å². The lowest BCUT2D eigenvalue weighted by atomic mass is 9.99. The summed E-state index contributed by atoms with van der Waals surface area (Å²) in [5.41, 5.74) is 5.04. The summed E-state index contributed by atoms with van der Waals surface area (Å²) in [7, 11) is 1.75. The minimum atomic E-state index is -0.665. The highest BCUT2D eigenvalue weighted by molar-refractivity contribution is 5.78. The predicted molar refractivity (Wildman–Crippen MR) is 63.9 cm³/mol. The Morgan fingerprint density at radius 3 is 2.38 bits per heavy atom. The highest BCUT2D eigenvalue weighted by atomic mass is 16.3. The number of likely N-dealkylation sites (N-methyl/N-ethyl adjacent to an activating group) is 1. The van der Waals surface area contributed by atoms with Crippen LogP contribution in [0.4, 0.5) is 0 Å². The Bertz CT molecular complexity index is 247. The van der Waals surface area contributed by atoms with Crippen LogP contribution in [0.3, 0.4) is 0 Å². The number of amides is 1. The zero-order valence-corrected chi connectivity index (χ0v) is 10.6. The number of carbonyl (C=O) groups excluding carboxylic acids is 1. The van der Waals surface area contributed by atoms with Gasteiger partial charge in [-0.3, -0.25) is 4.79 Å². The summed E-state index contributed by atoms with van der Waals surface area (Å²) < 4.78 is 0. The second kappa shape index (κ2) is 5.15. The van der Waals surface area contributed by atoms with Crippen molar-refractivity contribution >= 4 is 5.91 Å². The van der Waals surface area contributed by atoms with Gasteiger partial charge in [0.15, 0.2) is 0 Å². The number of carbonyl (C=O) groups is 1. The molecular formula is C12H24N2O2. The zero-order chi connectivity index (χ0) is 12.3. The first-order valence-corrected chi connectivity index (χ1v) is 6.09. The maximum absolute atomic E-state index is 11.9. The summed E-state index contributed by atoms with van der Waals surface area (Å²) >= 11 is 0. The highest BCUT2D eigenvalue weighted by Crippen LogP contribution is 2.30. The third-order valence-corrected chi connectivity index (χ3v) is 3.62. The van der Waals surface area contributed by atoms with Crippen molar-refractivity contribution in [3.05, 3.63) is 0 Å². The first-order chi connectivity index (χ1) is 7.36. The van der Waals surface area contributed by atoms with Gasteiger partial charge in [-0.25, -0.2) is 0 Å². The lowest BCUT2D eigenvalue weighted by molar-refractivity contribution is -0.137. The average molecular weight is 228 g/mol. The van der Waals surface area contributed by atoms with E-state index in [1.165, 1.54) is 0 Å². The van der Waals surface area contributed by atoms with Gasteiger partial charge < -0.3 is 15.7 Å². The van der Waals surface area contributed by atoms with E-state index in [0.717, 1.165) is 25.7 Å². The minimum Gasteiger partial charge on any atom is -0.388 e. The van der Waals surface area contributed by atoms with Crippen LogP contribution in [-0.2, 0) is 4.79 Å². The van der Waals surface area contributed by atoms with Crippen molar-refractivity contribution in [1.29, 1.82) is 0 Å². The lowest BCUT2D eigenvalue weighted by Gasteiger charge is -2.31. The van der Waals surface area contributed by atoms with Gasteiger partial charge in [-0.2, -0.15) is 0 Å². The number of hydrogen-bond acceptors (Lipinski definition) is 3. The molecule has 1 fully saturated rings. The largest absolute Gasteiger partial charge is 0.388 e. The molecule has 4 nitrogen and oxygen atoms in total. The molecule has 0 aromatic rings. The molecule has 1 aliphatic carbocycles. The molecule has 0 aromatic heterocycles. The van der Waals surface area contributed by atoms with Crippen molar-refractivity contribution in [3.8, 4) is 0 Å². The lowest BCUT2D eigenvalue weighted by Crippen LogP contribution is -2.46. The van der Waals surface area contributed by atoms with Crippen LogP contribution in [0, 0.1) is 5.92 Å². The van der Waals surface area contributed by atoms with Crippen molar-refractivity contribution in [1.82, 2.24) is 4.90 Å². The van der Waals surface area contributed by atoms with Crippen LogP contribution >= 0.6 is 0 Å². The minimum absolute atomic E-state index is 0.0234. The molecule has 0 radical (unpaired) electrons. The van der Waals surface area contributed by atoms with Crippen molar-refractivity contribution < 1.29 is 9.90 Å². The first-order valence-electron chi connectivity index (χ1n) is 6.09. The molecule has 1 saturated carbocycles. The van der Waals surface area contributed by atoms with Gasteiger partial charge in [-0.15, -0.1) is 0 Å². The summed E-state index contributed by atoms with van der Waals surface area (Å²) in [5.74, 6) is -0.162. The van der Waals surface area contributed by atoms with Gasteiger partial charge in [-0.05, 0) is 19.8 Å². The van der Waals surface area contributed by atoms with Crippen LogP contribution in [0.1, 0.15) is 39.5 Å². The Morgan fingerprint density at radius 2 is 1.94 bits per heavy atom. The van der Waals surface area contributed by atoms with E-state index in [1.807, 2.05) is 13.8 Å². The van der Waals surface area contributed by atoms with Crippen LogP contribution in [-0.4, -0.2) is 41.1 Å². The van der Waals surface area contributed by atoms with Gasteiger partial charge in [-0.1, -0.05) is 19.8 Å². The molecule has 3 N–H and O–H groups in total. The SMILES string of the molecule is CC(N)C(C)C(=O)N(C)CC1(O)CCCC1. The van der Waals surface area contributed by atoms with Gasteiger partial charge in [0.25, 0.3) is 0 Å². The maximum atomic E-state index is 11.9. The molecule has 4 heteroatoms. The molecule has 0 aromatic carbocycles. The van der Waals surface area contributed by atoms with Gasteiger partial charge in [0, 0.05) is 19.6 Å². The van der Waals surface area contributed by atoms with E-state index in [1.54, 1.807) is 11.9 Å². The van der Waals surface area contributed by atoms with Crippen molar-refractivity contribution in [2.24, 2.45) is 11.7 Å². The Hall–Kier alpha value is -0.610. The quantitative estimate of drug-likeness (QED) is 0.745. The highest BCUT2D eigenvalue weighted by Gasteiger charge is 2.34. The van der Waals surface area contributed by atoms with Crippen LogP contribution in [0.25, 0.3) is 0 Å². The normalized spacial score (nSPS) is 22.8. The third kappa shape index (κ3) is 3.19. The molecule has 94 valence electrons. The van der Waals surface area contributed by atoms with E-state index >= 15 is 0 Å². The van der Waals surface area contributed by atoms with Gasteiger partial charge in [0.1, 0.15) is 0 Å². The molecule has 0 saturated heterocycles. The van der Waals surface area contributed by atoms with E-state index in [2.05, 4.69) is 0 Å². The predicted octanol–water partition coefficient (Wildman–Crippen LogP) is 0.733. The van der Waals surface area contributed by atoms with E-state index < -0.39 is 5.60 Å². The Morgan fingerprint density at radius 1 is 1.44 bits per heavy atom. The average Bonchev–Trinajstić information content (AvgIpc) is 2.62. The van der Waals surface area contributed by atoms with Crippen molar-refractivity contribution in [3.63, 3.8) is 0 Å². The molecule has 16 heavy (non-hydrogen) atoms. The second-order valence-electron chi connectivity index (χ2n) is 5.27. The fourth-order valence-electron chi connectivity index (χ4n) is 2.28. The molecule has 1 aliphatic rings. The summed E-state index contributed by atoms with van der Waals surface area (Å²) in [6.07, 6.45) is 3.72.